The second-order valence-corrected chi connectivity index (χ2v) is 5.20. The third-order valence-corrected chi connectivity index (χ3v) is 3.15. The number of aliphatic carboxylic acids is 1. The van der Waals surface area contributed by atoms with Gasteiger partial charge in [-0.1, -0.05) is 0 Å². The Morgan fingerprint density at radius 2 is 2.16 bits per heavy atom. The first-order chi connectivity index (χ1) is 8.91. The summed E-state index contributed by atoms with van der Waals surface area (Å²) in [6, 6.07) is 1.74. The number of carbonyl (C=O) groups is 1. The monoisotopic (exact) mass is 265 g/mol. The number of aryl methyl sites for hydroxylation is 1. The van der Waals surface area contributed by atoms with Crippen molar-refractivity contribution in [2.24, 2.45) is 0 Å². The Balaban J connectivity index is 2.20. The van der Waals surface area contributed by atoms with Crippen LogP contribution in [0.4, 0.5) is 5.95 Å². The zero-order valence-corrected chi connectivity index (χ0v) is 11.4. The lowest BCUT2D eigenvalue weighted by atomic mass is 9.77. The third kappa shape index (κ3) is 2.94. The van der Waals surface area contributed by atoms with Gasteiger partial charge in [-0.3, -0.25) is 0 Å². The van der Waals surface area contributed by atoms with Gasteiger partial charge in [0.15, 0.2) is 0 Å². The number of ether oxygens (including phenoxy) is 1. The van der Waals surface area contributed by atoms with E-state index in [1.807, 2.05) is 20.8 Å². The van der Waals surface area contributed by atoms with E-state index in [4.69, 9.17) is 4.74 Å². The van der Waals surface area contributed by atoms with Crippen LogP contribution in [-0.2, 0) is 4.79 Å². The van der Waals surface area contributed by atoms with Crippen molar-refractivity contribution in [3.8, 4) is 5.88 Å². The highest BCUT2D eigenvalue weighted by atomic mass is 16.5. The van der Waals surface area contributed by atoms with Crippen LogP contribution >= 0.6 is 0 Å². The lowest BCUT2D eigenvalue weighted by Crippen LogP contribution is -2.52. The number of nitrogens with one attached hydrogen (secondary N) is 1. The van der Waals surface area contributed by atoms with E-state index in [-0.39, 0.29) is 6.10 Å². The van der Waals surface area contributed by atoms with Gasteiger partial charge in [0.2, 0.25) is 11.8 Å². The van der Waals surface area contributed by atoms with Gasteiger partial charge >= 0.3 is 5.97 Å². The Morgan fingerprint density at radius 3 is 2.63 bits per heavy atom. The minimum absolute atomic E-state index is 0.0132. The Kier molecular flexibility index (Phi) is 3.59. The Labute approximate surface area is 112 Å². The Morgan fingerprint density at radius 1 is 1.47 bits per heavy atom. The van der Waals surface area contributed by atoms with E-state index in [1.54, 1.807) is 6.07 Å². The second kappa shape index (κ2) is 5.03. The largest absolute Gasteiger partial charge is 0.480 e. The van der Waals surface area contributed by atoms with E-state index in [1.165, 1.54) is 0 Å². The van der Waals surface area contributed by atoms with Crippen molar-refractivity contribution in [3.05, 3.63) is 11.8 Å². The van der Waals surface area contributed by atoms with Crippen molar-refractivity contribution < 1.29 is 14.6 Å². The molecule has 0 spiro atoms. The van der Waals surface area contributed by atoms with Gasteiger partial charge in [0.25, 0.3) is 0 Å². The average molecular weight is 265 g/mol. The topological polar surface area (TPSA) is 84.3 Å². The number of aromatic nitrogens is 2. The van der Waals surface area contributed by atoms with Crippen LogP contribution < -0.4 is 10.1 Å². The average Bonchev–Trinajstić information content (AvgIpc) is 2.20. The molecule has 104 valence electrons. The first-order valence-corrected chi connectivity index (χ1v) is 6.45. The SMILES string of the molecule is Cc1cc(OC(C)C)nc(NC2(C(=O)O)CCC2)n1. The van der Waals surface area contributed by atoms with Crippen molar-refractivity contribution in [1.29, 1.82) is 0 Å². The third-order valence-electron chi connectivity index (χ3n) is 3.15. The summed E-state index contributed by atoms with van der Waals surface area (Å²) in [5, 5.41) is 12.2. The molecule has 2 N–H and O–H groups in total. The predicted octanol–water partition coefficient (Wildman–Crippen LogP) is 1.99. The number of nitrogens with zero attached hydrogens (tertiary/aromatic N) is 2. The molecule has 1 aromatic rings. The maximum absolute atomic E-state index is 11.3. The van der Waals surface area contributed by atoms with Crippen molar-refractivity contribution in [3.63, 3.8) is 0 Å². The molecule has 0 amide bonds. The molecular formula is C13H19N3O3. The number of hydrogen-bond donors (Lipinski definition) is 2. The number of carboxylic acids is 1. The van der Waals surface area contributed by atoms with Crippen molar-refractivity contribution >= 4 is 11.9 Å². The molecule has 6 nitrogen and oxygen atoms in total. The van der Waals surface area contributed by atoms with Gasteiger partial charge in [0, 0.05) is 11.8 Å². The second-order valence-electron chi connectivity index (χ2n) is 5.20. The molecule has 0 atom stereocenters. The fourth-order valence-electron chi connectivity index (χ4n) is 2.03. The van der Waals surface area contributed by atoms with E-state index < -0.39 is 11.5 Å². The molecule has 19 heavy (non-hydrogen) atoms. The summed E-state index contributed by atoms with van der Waals surface area (Å²) < 4.78 is 5.52. The molecule has 0 saturated heterocycles. The zero-order valence-electron chi connectivity index (χ0n) is 11.4. The molecule has 0 radical (unpaired) electrons. The number of rotatable bonds is 5. The van der Waals surface area contributed by atoms with Crippen LogP contribution in [0.3, 0.4) is 0 Å². The number of anilines is 1. The van der Waals surface area contributed by atoms with Gasteiger partial charge < -0.3 is 15.2 Å². The molecule has 1 fully saturated rings. The lowest BCUT2D eigenvalue weighted by Gasteiger charge is -2.38. The van der Waals surface area contributed by atoms with Gasteiger partial charge in [-0.15, -0.1) is 0 Å². The summed E-state index contributed by atoms with van der Waals surface area (Å²) in [7, 11) is 0. The summed E-state index contributed by atoms with van der Waals surface area (Å²) in [5.41, 5.74) is -0.170. The standard InChI is InChI=1S/C13H19N3O3/c1-8(2)19-10-7-9(3)14-12(15-10)16-13(11(17)18)5-4-6-13/h7-8H,4-6H2,1-3H3,(H,17,18)(H,14,15,16). The Hall–Kier alpha value is -1.85. The molecule has 6 heteroatoms. The zero-order chi connectivity index (χ0) is 14.0. The summed E-state index contributed by atoms with van der Waals surface area (Å²) in [6.45, 7) is 5.65. The van der Waals surface area contributed by atoms with E-state index in [0.717, 1.165) is 12.1 Å². The smallest absolute Gasteiger partial charge is 0.329 e. The summed E-state index contributed by atoms with van der Waals surface area (Å²) in [6.07, 6.45) is 2.11. The molecule has 0 bridgehead atoms. The van der Waals surface area contributed by atoms with Crippen molar-refractivity contribution in [2.75, 3.05) is 5.32 Å². The molecule has 1 saturated carbocycles. The van der Waals surface area contributed by atoms with Gasteiger partial charge in [-0.2, -0.15) is 4.98 Å². The van der Waals surface area contributed by atoms with Crippen LogP contribution in [0.15, 0.2) is 6.07 Å². The van der Waals surface area contributed by atoms with E-state index >= 15 is 0 Å². The molecule has 1 aliphatic rings. The fourth-order valence-corrected chi connectivity index (χ4v) is 2.03. The maximum atomic E-state index is 11.3. The summed E-state index contributed by atoms with van der Waals surface area (Å²) in [4.78, 5) is 19.7. The van der Waals surface area contributed by atoms with Crippen LogP contribution in [0.1, 0.15) is 38.8 Å². The van der Waals surface area contributed by atoms with Gasteiger partial charge in [-0.05, 0) is 40.0 Å². The Bertz CT molecular complexity index is 484. The van der Waals surface area contributed by atoms with Crippen LogP contribution in [-0.4, -0.2) is 32.7 Å². The highest BCUT2D eigenvalue weighted by Crippen LogP contribution is 2.35. The van der Waals surface area contributed by atoms with Crippen molar-refractivity contribution in [2.45, 2.75) is 51.7 Å². The van der Waals surface area contributed by atoms with E-state index in [9.17, 15) is 9.90 Å². The molecule has 0 aromatic carbocycles. The number of carboxylic acid groups (broad SMARTS) is 1. The molecular weight excluding hydrogens is 246 g/mol. The molecule has 1 aromatic heterocycles. The normalized spacial score (nSPS) is 16.8. The highest BCUT2D eigenvalue weighted by Gasteiger charge is 2.45. The minimum atomic E-state index is -0.914. The highest BCUT2D eigenvalue weighted by molar-refractivity contribution is 5.83. The van der Waals surface area contributed by atoms with E-state index in [0.29, 0.717) is 24.7 Å². The van der Waals surface area contributed by atoms with Gasteiger partial charge in [0.1, 0.15) is 5.54 Å². The summed E-state index contributed by atoms with van der Waals surface area (Å²) >= 11 is 0. The first kappa shape index (κ1) is 13.6. The molecule has 1 aliphatic carbocycles. The van der Waals surface area contributed by atoms with Gasteiger partial charge in [0.05, 0.1) is 6.10 Å². The van der Waals surface area contributed by atoms with Crippen LogP contribution in [0.25, 0.3) is 0 Å². The van der Waals surface area contributed by atoms with Crippen LogP contribution in [0.2, 0.25) is 0 Å². The number of hydrogen-bond acceptors (Lipinski definition) is 5. The van der Waals surface area contributed by atoms with Gasteiger partial charge in [-0.25, -0.2) is 9.78 Å². The molecule has 1 heterocycles. The maximum Gasteiger partial charge on any atom is 0.329 e. The quantitative estimate of drug-likeness (QED) is 0.847. The van der Waals surface area contributed by atoms with E-state index in [2.05, 4.69) is 15.3 Å². The predicted molar refractivity (Wildman–Crippen MR) is 70.4 cm³/mol. The fraction of sp³-hybridized carbons (Fsp3) is 0.615. The molecule has 2 rings (SSSR count). The minimum Gasteiger partial charge on any atom is -0.480 e. The lowest BCUT2D eigenvalue weighted by molar-refractivity contribution is -0.145. The molecule has 0 unspecified atom stereocenters. The van der Waals surface area contributed by atoms with Crippen LogP contribution in [0.5, 0.6) is 5.88 Å². The molecule has 0 aliphatic heterocycles. The first-order valence-electron chi connectivity index (χ1n) is 6.45. The van der Waals surface area contributed by atoms with Crippen molar-refractivity contribution in [1.82, 2.24) is 9.97 Å². The van der Waals surface area contributed by atoms with Crippen LogP contribution in [0, 0.1) is 6.92 Å². The summed E-state index contributed by atoms with van der Waals surface area (Å²) in [5.74, 6) is -0.0715.